The predicted molar refractivity (Wildman–Crippen MR) is 61.0 cm³/mol. The number of hydrogen-bond acceptors (Lipinski definition) is 3. The molecule has 0 radical (unpaired) electrons. The standard InChI is InChI=1S/C12H19NO2/c1-10(14)7-8-15-12-5-3-11(4-6-12)9-13-2/h3-6,10,13-14H,7-9H2,1-2H3. The summed E-state index contributed by atoms with van der Waals surface area (Å²) in [5, 5.41) is 12.1. The van der Waals surface area contributed by atoms with Crippen LogP contribution in [0.4, 0.5) is 0 Å². The molecule has 0 aliphatic heterocycles. The lowest BCUT2D eigenvalue weighted by Gasteiger charge is -2.08. The number of nitrogens with one attached hydrogen (secondary N) is 1. The van der Waals surface area contributed by atoms with Crippen molar-refractivity contribution >= 4 is 0 Å². The van der Waals surface area contributed by atoms with Crippen LogP contribution < -0.4 is 10.1 Å². The summed E-state index contributed by atoms with van der Waals surface area (Å²) in [6.07, 6.45) is 0.367. The van der Waals surface area contributed by atoms with Crippen LogP contribution in [0.5, 0.6) is 5.75 Å². The molecule has 0 aromatic heterocycles. The molecule has 2 N–H and O–H groups in total. The molecular formula is C12H19NO2. The Morgan fingerprint density at radius 1 is 1.33 bits per heavy atom. The third kappa shape index (κ3) is 4.81. The van der Waals surface area contributed by atoms with Crippen LogP contribution in [-0.2, 0) is 6.54 Å². The number of rotatable bonds is 6. The normalized spacial score (nSPS) is 12.5. The SMILES string of the molecule is CNCc1ccc(OCCC(C)O)cc1. The van der Waals surface area contributed by atoms with E-state index in [1.165, 1.54) is 5.56 Å². The molecule has 0 saturated heterocycles. The van der Waals surface area contributed by atoms with Gasteiger partial charge in [0.2, 0.25) is 0 Å². The van der Waals surface area contributed by atoms with Crippen LogP contribution in [0.2, 0.25) is 0 Å². The third-order valence-electron chi connectivity index (χ3n) is 2.11. The fourth-order valence-corrected chi connectivity index (χ4v) is 1.25. The predicted octanol–water partition coefficient (Wildman–Crippen LogP) is 1.56. The van der Waals surface area contributed by atoms with Crippen LogP contribution >= 0.6 is 0 Å². The Balaban J connectivity index is 2.36. The molecule has 1 aromatic carbocycles. The first-order valence-corrected chi connectivity index (χ1v) is 5.27. The Kier molecular flexibility index (Phi) is 5.15. The largest absolute Gasteiger partial charge is 0.493 e. The van der Waals surface area contributed by atoms with Gasteiger partial charge in [0.25, 0.3) is 0 Å². The van der Waals surface area contributed by atoms with Crippen molar-refractivity contribution in [3.8, 4) is 5.75 Å². The van der Waals surface area contributed by atoms with Gasteiger partial charge >= 0.3 is 0 Å². The third-order valence-corrected chi connectivity index (χ3v) is 2.11. The zero-order chi connectivity index (χ0) is 11.1. The molecule has 1 rings (SSSR count). The lowest BCUT2D eigenvalue weighted by Crippen LogP contribution is -2.08. The van der Waals surface area contributed by atoms with Gasteiger partial charge in [-0.2, -0.15) is 0 Å². The summed E-state index contributed by atoms with van der Waals surface area (Å²) in [5.41, 5.74) is 1.24. The van der Waals surface area contributed by atoms with Crippen LogP contribution in [0.25, 0.3) is 0 Å². The maximum atomic E-state index is 9.06. The van der Waals surface area contributed by atoms with Crippen molar-refractivity contribution in [3.63, 3.8) is 0 Å². The van der Waals surface area contributed by atoms with Crippen LogP contribution in [0.1, 0.15) is 18.9 Å². The molecule has 0 aliphatic rings. The molecule has 1 atom stereocenters. The minimum atomic E-state index is -0.298. The minimum absolute atomic E-state index is 0.298. The second-order valence-corrected chi connectivity index (χ2v) is 3.66. The van der Waals surface area contributed by atoms with E-state index in [1.807, 2.05) is 31.3 Å². The molecular weight excluding hydrogens is 190 g/mol. The zero-order valence-electron chi connectivity index (χ0n) is 9.36. The molecule has 0 fully saturated rings. The zero-order valence-corrected chi connectivity index (χ0v) is 9.36. The first-order chi connectivity index (χ1) is 7.22. The number of benzene rings is 1. The molecule has 1 unspecified atom stereocenters. The highest BCUT2D eigenvalue weighted by molar-refractivity contribution is 5.27. The van der Waals surface area contributed by atoms with E-state index in [0.717, 1.165) is 12.3 Å². The molecule has 0 amide bonds. The van der Waals surface area contributed by atoms with Gasteiger partial charge in [-0.1, -0.05) is 12.1 Å². The van der Waals surface area contributed by atoms with Gasteiger partial charge in [0.15, 0.2) is 0 Å². The topological polar surface area (TPSA) is 41.5 Å². The van der Waals surface area contributed by atoms with Gasteiger partial charge in [0.05, 0.1) is 12.7 Å². The number of aliphatic hydroxyl groups is 1. The Bertz CT molecular complexity index is 269. The summed E-state index contributed by atoms with van der Waals surface area (Å²) < 4.78 is 5.47. The van der Waals surface area contributed by atoms with Crippen molar-refractivity contribution in [1.82, 2.24) is 5.32 Å². The molecule has 1 aromatic rings. The Labute approximate surface area is 91.1 Å². The van der Waals surface area contributed by atoms with Crippen molar-refractivity contribution in [2.24, 2.45) is 0 Å². The molecule has 3 nitrogen and oxygen atoms in total. The average molecular weight is 209 g/mol. The summed E-state index contributed by atoms with van der Waals surface area (Å²) in [7, 11) is 1.92. The van der Waals surface area contributed by atoms with E-state index in [2.05, 4.69) is 5.32 Å². The van der Waals surface area contributed by atoms with Crippen molar-refractivity contribution < 1.29 is 9.84 Å². The van der Waals surface area contributed by atoms with E-state index in [-0.39, 0.29) is 6.10 Å². The van der Waals surface area contributed by atoms with Crippen LogP contribution in [0.3, 0.4) is 0 Å². The van der Waals surface area contributed by atoms with E-state index in [4.69, 9.17) is 9.84 Å². The Morgan fingerprint density at radius 3 is 2.53 bits per heavy atom. The maximum Gasteiger partial charge on any atom is 0.119 e. The molecule has 15 heavy (non-hydrogen) atoms. The highest BCUT2D eigenvalue weighted by Gasteiger charge is 1.97. The Hall–Kier alpha value is -1.06. The van der Waals surface area contributed by atoms with Gasteiger partial charge in [-0.3, -0.25) is 0 Å². The van der Waals surface area contributed by atoms with Gasteiger partial charge < -0.3 is 15.2 Å². The summed E-state index contributed by atoms with van der Waals surface area (Å²) in [4.78, 5) is 0. The smallest absolute Gasteiger partial charge is 0.119 e. The number of ether oxygens (including phenoxy) is 1. The summed E-state index contributed by atoms with van der Waals surface area (Å²) in [6.45, 7) is 3.19. The second-order valence-electron chi connectivity index (χ2n) is 3.66. The number of aliphatic hydroxyl groups excluding tert-OH is 1. The van der Waals surface area contributed by atoms with E-state index >= 15 is 0 Å². The average Bonchev–Trinajstić information content (AvgIpc) is 2.20. The van der Waals surface area contributed by atoms with Gasteiger partial charge in [0, 0.05) is 13.0 Å². The molecule has 0 bridgehead atoms. The van der Waals surface area contributed by atoms with Crippen LogP contribution in [0, 0.1) is 0 Å². The molecule has 0 saturated carbocycles. The quantitative estimate of drug-likeness (QED) is 0.747. The van der Waals surface area contributed by atoms with Crippen LogP contribution in [0.15, 0.2) is 24.3 Å². The lowest BCUT2D eigenvalue weighted by molar-refractivity contribution is 0.155. The van der Waals surface area contributed by atoms with Crippen molar-refractivity contribution in [2.75, 3.05) is 13.7 Å². The Morgan fingerprint density at radius 2 is 2.00 bits per heavy atom. The van der Waals surface area contributed by atoms with Crippen molar-refractivity contribution in [1.29, 1.82) is 0 Å². The van der Waals surface area contributed by atoms with Gasteiger partial charge in [0.1, 0.15) is 5.75 Å². The minimum Gasteiger partial charge on any atom is -0.493 e. The summed E-state index contributed by atoms with van der Waals surface area (Å²) >= 11 is 0. The monoisotopic (exact) mass is 209 g/mol. The highest BCUT2D eigenvalue weighted by atomic mass is 16.5. The molecule has 3 heteroatoms. The molecule has 0 aliphatic carbocycles. The molecule has 0 heterocycles. The van der Waals surface area contributed by atoms with Gasteiger partial charge in [-0.25, -0.2) is 0 Å². The van der Waals surface area contributed by atoms with Gasteiger partial charge in [-0.15, -0.1) is 0 Å². The fraction of sp³-hybridized carbons (Fsp3) is 0.500. The summed E-state index contributed by atoms with van der Waals surface area (Å²) in [5.74, 6) is 0.857. The van der Waals surface area contributed by atoms with E-state index < -0.39 is 0 Å². The van der Waals surface area contributed by atoms with E-state index in [9.17, 15) is 0 Å². The first kappa shape index (κ1) is 12.0. The summed E-state index contributed by atoms with van der Waals surface area (Å²) in [6, 6.07) is 7.98. The lowest BCUT2D eigenvalue weighted by atomic mass is 10.2. The maximum absolute atomic E-state index is 9.06. The number of hydrogen-bond donors (Lipinski definition) is 2. The van der Waals surface area contributed by atoms with E-state index in [0.29, 0.717) is 13.0 Å². The first-order valence-electron chi connectivity index (χ1n) is 5.27. The molecule has 84 valence electrons. The second kappa shape index (κ2) is 6.43. The van der Waals surface area contributed by atoms with Crippen molar-refractivity contribution in [3.05, 3.63) is 29.8 Å². The van der Waals surface area contributed by atoms with E-state index in [1.54, 1.807) is 6.92 Å². The fourth-order valence-electron chi connectivity index (χ4n) is 1.25. The van der Waals surface area contributed by atoms with Crippen molar-refractivity contribution in [2.45, 2.75) is 26.0 Å². The molecule has 0 spiro atoms. The van der Waals surface area contributed by atoms with Crippen LogP contribution in [-0.4, -0.2) is 24.9 Å². The van der Waals surface area contributed by atoms with Gasteiger partial charge in [-0.05, 0) is 31.7 Å². The highest BCUT2D eigenvalue weighted by Crippen LogP contribution is 2.12.